The number of amides is 2. The van der Waals surface area contributed by atoms with Crippen LogP contribution in [0.4, 0.5) is 0 Å². The van der Waals surface area contributed by atoms with E-state index in [1.54, 1.807) is 14.7 Å². The largest absolute Gasteiger partial charge is 0.480 e. The van der Waals surface area contributed by atoms with Gasteiger partial charge in [-0.2, -0.15) is 0 Å². The quantitative estimate of drug-likeness (QED) is 0.230. The lowest BCUT2D eigenvalue weighted by Gasteiger charge is -2.32. The summed E-state index contributed by atoms with van der Waals surface area (Å²) < 4.78 is 0. The van der Waals surface area contributed by atoms with Crippen molar-refractivity contribution in [1.29, 1.82) is 0 Å². The molecule has 2 aliphatic rings. The number of likely N-dealkylation sites (tertiary alicyclic amines) is 2. The van der Waals surface area contributed by atoms with Crippen molar-refractivity contribution >= 4 is 29.7 Å². The Kier molecular flexibility index (Phi) is 13.3. The molecule has 2 aliphatic heterocycles. The molecule has 0 atom stereocenters. The Morgan fingerprint density at radius 3 is 1.08 bits per heavy atom. The third-order valence-electron chi connectivity index (χ3n) is 6.68. The van der Waals surface area contributed by atoms with Gasteiger partial charge in [0, 0.05) is 52.4 Å². The van der Waals surface area contributed by atoms with E-state index in [2.05, 4.69) is 0 Å². The number of nitrogens with zero attached hydrogens (tertiary/aromatic N) is 5. The summed E-state index contributed by atoms with van der Waals surface area (Å²) in [6.07, 6.45) is 5.81. The molecule has 2 heterocycles. The van der Waals surface area contributed by atoms with E-state index in [0.717, 1.165) is 38.5 Å². The summed E-state index contributed by atoms with van der Waals surface area (Å²) in [7, 11) is 0. The fourth-order valence-electron chi connectivity index (χ4n) is 4.71. The second kappa shape index (κ2) is 16.2. The number of hydrogen-bond donors (Lipinski definition) is 3. The highest BCUT2D eigenvalue weighted by Crippen LogP contribution is 2.10. The van der Waals surface area contributed by atoms with E-state index in [1.165, 1.54) is 9.80 Å². The van der Waals surface area contributed by atoms with Crippen LogP contribution in [0.1, 0.15) is 38.5 Å². The van der Waals surface area contributed by atoms with Crippen LogP contribution >= 0.6 is 0 Å². The molecular formula is C24H41N5O8. The highest BCUT2D eigenvalue weighted by atomic mass is 16.4. The molecule has 2 saturated heterocycles. The smallest absolute Gasteiger partial charge is 0.317 e. The maximum Gasteiger partial charge on any atom is 0.317 e. The molecule has 0 unspecified atom stereocenters. The zero-order valence-corrected chi connectivity index (χ0v) is 21.6. The van der Waals surface area contributed by atoms with Crippen LogP contribution in [0.25, 0.3) is 0 Å². The molecule has 2 fully saturated rings. The van der Waals surface area contributed by atoms with Crippen molar-refractivity contribution in [2.24, 2.45) is 0 Å². The summed E-state index contributed by atoms with van der Waals surface area (Å²) in [6.45, 7) is 2.11. The summed E-state index contributed by atoms with van der Waals surface area (Å²) in [5.41, 5.74) is 0. The molecule has 13 heteroatoms. The Labute approximate surface area is 217 Å². The number of carboxylic acids is 3. The van der Waals surface area contributed by atoms with Gasteiger partial charge in [-0.1, -0.05) is 0 Å². The molecule has 0 aliphatic carbocycles. The Bertz CT molecular complexity index is 727. The van der Waals surface area contributed by atoms with Gasteiger partial charge in [-0.05, 0) is 38.5 Å². The van der Waals surface area contributed by atoms with Gasteiger partial charge in [-0.15, -0.1) is 0 Å². The molecular weight excluding hydrogens is 486 g/mol. The number of aliphatic carboxylic acids is 3. The summed E-state index contributed by atoms with van der Waals surface area (Å²) in [6, 6.07) is 0. The van der Waals surface area contributed by atoms with Crippen LogP contribution in [0, 0.1) is 0 Å². The monoisotopic (exact) mass is 527 g/mol. The van der Waals surface area contributed by atoms with Crippen LogP contribution in [0.5, 0.6) is 0 Å². The predicted octanol–water partition coefficient (Wildman–Crippen LogP) is -0.829. The maximum absolute atomic E-state index is 12.6. The summed E-state index contributed by atoms with van der Waals surface area (Å²) >= 11 is 0. The molecule has 0 aromatic heterocycles. The fraction of sp³-hybridized carbons (Fsp3) is 0.792. The van der Waals surface area contributed by atoms with Crippen molar-refractivity contribution < 1.29 is 39.3 Å². The molecule has 13 nitrogen and oxygen atoms in total. The Morgan fingerprint density at radius 1 is 0.459 bits per heavy atom. The molecule has 0 bridgehead atoms. The third kappa shape index (κ3) is 12.3. The minimum Gasteiger partial charge on any atom is -0.480 e. The number of piperidine rings is 2. The van der Waals surface area contributed by atoms with Crippen LogP contribution in [-0.4, -0.2) is 155 Å². The minimum absolute atomic E-state index is 0.0668. The normalized spacial score (nSPS) is 16.4. The molecule has 3 N–H and O–H groups in total. The number of hydrogen-bond acceptors (Lipinski definition) is 8. The van der Waals surface area contributed by atoms with Gasteiger partial charge < -0.3 is 25.1 Å². The predicted molar refractivity (Wildman–Crippen MR) is 133 cm³/mol. The van der Waals surface area contributed by atoms with Crippen LogP contribution in [0.15, 0.2) is 0 Å². The van der Waals surface area contributed by atoms with Crippen molar-refractivity contribution in [3.05, 3.63) is 0 Å². The molecule has 2 rings (SSSR count). The van der Waals surface area contributed by atoms with E-state index in [0.29, 0.717) is 26.2 Å². The zero-order valence-electron chi connectivity index (χ0n) is 21.6. The van der Waals surface area contributed by atoms with Gasteiger partial charge in [0.05, 0.1) is 32.7 Å². The maximum atomic E-state index is 12.6. The van der Waals surface area contributed by atoms with E-state index in [4.69, 9.17) is 0 Å². The van der Waals surface area contributed by atoms with Crippen molar-refractivity contribution in [2.45, 2.75) is 38.5 Å². The topological polar surface area (TPSA) is 162 Å². The highest BCUT2D eigenvalue weighted by Gasteiger charge is 2.24. The minimum atomic E-state index is -1.08. The number of carboxylic acid groups (broad SMARTS) is 3. The van der Waals surface area contributed by atoms with Crippen LogP contribution in [-0.2, 0) is 24.0 Å². The van der Waals surface area contributed by atoms with Gasteiger partial charge in [0.15, 0.2) is 0 Å². The number of carbonyl (C=O) groups excluding carboxylic acids is 2. The first-order valence-corrected chi connectivity index (χ1v) is 13.0. The lowest BCUT2D eigenvalue weighted by molar-refractivity contribution is -0.141. The second-order valence-electron chi connectivity index (χ2n) is 9.76. The first-order valence-electron chi connectivity index (χ1n) is 13.0. The summed E-state index contributed by atoms with van der Waals surface area (Å²) in [4.78, 5) is 67.5. The molecule has 0 aromatic carbocycles. The standard InChI is InChI=1S/C24H41N5O8/c30-20(28-7-3-1-4-8-28)15-26(18-23(34)35)13-11-25(17-22(32)33)12-14-27(19-24(36)37)16-21(31)29-9-5-2-6-10-29/h1-19H2,(H,32,33)(H,34,35)(H,36,37). The SMILES string of the molecule is O=C(O)CN(CCN(CC(=O)O)CC(=O)N1CCCCC1)CCN(CC(=O)O)CC(=O)N1CCCCC1. The van der Waals surface area contributed by atoms with Gasteiger partial charge in [0.25, 0.3) is 0 Å². The van der Waals surface area contributed by atoms with Crippen molar-refractivity contribution in [3.8, 4) is 0 Å². The van der Waals surface area contributed by atoms with Gasteiger partial charge in [0.2, 0.25) is 11.8 Å². The average Bonchev–Trinajstić information content (AvgIpc) is 2.85. The van der Waals surface area contributed by atoms with E-state index in [1.807, 2.05) is 0 Å². The lowest BCUT2D eigenvalue weighted by atomic mass is 10.1. The van der Waals surface area contributed by atoms with E-state index >= 15 is 0 Å². The van der Waals surface area contributed by atoms with Crippen LogP contribution < -0.4 is 0 Å². The first kappa shape index (κ1) is 30.5. The molecule has 0 aromatic rings. The van der Waals surface area contributed by atoms with Crippen molar-refractivity contribution in [3.63, 3.8) is 0 Å². The van der Waals surface area contributed by atoms with E-state index in [9.17, 15) is 39.3 Å². The highest BCUT2D eigenvalue weighted by molar-refractivity contribution is 5.80. The Balaban J connectivity index is 1.95. The van der Waals surface area contributed by atoms with Crippen LogP contribution in [0.2, 0.25) is 0 Å². The molecule has 210 valence electrons. The summed E-state index contributed by atoms with van der Waals surface area (Å²) in [5, 5.41) is 28.0. The van der Waals surface area contributed by atoms with Gasteiger partial charge in [-0.3, -0.25) is 38.7 Å². The van der Waals surface area contributed by atoms with E-state index < -0.39 is 17.9 Å². The summed E-state index contributed by atoms with van der Waals surface area (Å²) in [5.74, 6) is -3.53. The number of carbonyl (C=O) groups is 5. The fourth-order valence-corrected chi connectivity index (χ4v) is 4.71. The van der Waals surface area contributed by atoms with Gasteiger partial charge in [0.1, 0.15) is 0 Å². The second-order valence-corrected chi connectivity index (χ2v) is 9.76. The lowest BCUT2D eigenvalue weighted by Crippen LogP contribution is -2.48. The van der Waals surface area contributed by atoms with Gasteiger partial charge in [-0.25, -0.2) is 0 Å². The molecule has 37 heavy (non-hydrogen) atoms. The van der Waals surface area contributed by atoms with E-state index in [-0.39, 0.29) is 70.7 Å². The molecule has 0 radical (unpaired) electrons. The average molecular weight is 528 g/mol. The Morgan fingerprint density at radius 2 is 0.757 bits per heavy atom. The Hall–Kier alpha value is -2.77. The van der Waals surface area contributed by atoms with Crippen LogP contribution in [0.3, 0.4) is 0 Å². The molecule has 2 amide bonds. The first-order chi connectivity index (χ1) is 17.6. The zero-order chi connectivity index (χ0) is 27.2. The molecule has 0 saturated carbocycles. The third-order valence-corrected chi connectivity index (χ3v) is 6.68. The van der Waals surface area contributed by atoms with Crippen molar-refractivity contribution in [2.75, 3.05) is 85.1 Å². The van der Waals surface area contributed by atoms with Gasteiger partial charge >= 0.3 is 17.9 Å². The number of rotatable bonds is 16. The molecule has 0 spiro atoms. The van der Waals surface area contributed by atoms with Crippen molar-refractivity contribution in [1.82, 2.24) is 24.5 Å².